The number of hydrogen-bond acceptors (Lipinski definition) is 5. The van der Waals surface area contributed by atoms with Crippen LogP contribution in [0.5, 0.6) is 0 Å². The number of H-pyrrole nitrogens is 1. The highest BCUT2D eigenvalue weighted by atomic mass is 16.3. The summed E-state index contributed by atoms with van der Waals surface area (Å²) in [5, 5.41) is 28.2. The highest BCUT2D eigenvalue weighted by Gasteiger charge is 2.35. The van der Waals surface area contributed by atoms with Crippen molar-refractivity contribution in [2.45, 2.75) is 50.7 Å². The molecule has 0 aliphatic heterocycles. The quantitative estimate of drug-likeness (QED) is 0.621. The van der Waals surface area contributed by atoms with Crippen molar-refractivity contribution in [1.29, 1.82) is 5.26 Å². The van der Waals surface area contributed by atoms with E-state index in [2.05, 4.69) is 16.4 Å². The molecule has 2 aliphatic carbocycles. The van der Waals surface area contributed by atoms with Crippen molar-refractivity contribution in [2.75, 3.05) is 5.32 Å². The van der Waals surface area contributed by atoms with Crippen LogP contribution in [-0.2, 0) is 12.8 Å². The lowest BCUT2D eigenvalue weighted by Crippen LogP contribution is -2.23. The summed E-state index contributed by atoms with van der Waals surface area (Å²) in [6.45, 7) is 1.85. The molecular weight excluding hydrogens is 366 g/mol. The normalized spacial score (nSPS) is 21.7. The molecule has 1 aromatic carbocycles. The highest BCUT2D eigenvalue weighted by Crippen LogP contribution is 2.43. The molecule has 0 amide bonds. The molecule has 5 rings (SSSR count). The van der Waals surface area contributed by atoms with Crippen LogP contribution in [0, 0.1) is 17.2 Å². The van der Waals surface area contributed by atoms with E-state index in [1.54, 1.807) is 6.20 Å². The molecule has 2 atom stereocenters. The number of fused-ring (bicyclic) bond motifs is 2. The average molecular weight is 389 g/mol. The van der Waals surface area contributed by atoms with Gasteiger partial charge in [-0.25, -0.2) is 0 Å². The summed E-state index contributed by atoms with van der Waals surface area (Å²) in [6.07, 6.45) is 5.44. The smallest absolute Gasteiger partial charge is 0.261 e. The third-order valence-electron chi connectivity index (χ3n) is 6.02. The van der Waals surface area contributed by atoms with Crippen LogP contribution in [0.3, 0.4) is 0 Å². The van der Waals surface area contributed by atoms with Crippen LogP contribution in [0.25, 0.3) is 10.9 Å². The lowest BCUT2D eigenvalue weighted by molar-refractivity contribution is 0.0719. The maximum absolute atomic E-state index is 12.6. The maximum Gasteiger partial charge on any atom is 0.261 e. The molecule has 0 bridgehead atoms. The standard InChI is InChI=1S/C22H23N5O2/c1-22(29)11-14-4-5-16(10-15(14)12-22)25-20-19-18(7-9-24-21(19)28)27(26-20)17(6-8-23)13-2-3-13/h4-5,7,9-10,13,17,29H,2-3,6,11-12H2,1H3,(H,24,28)(H,25,26). The summed E-state index contributed by atoms with van der Waals surface area (Å²) in [5.41, 5.74) is 2.93. The molecule has 0 saturated heterocycles. The minimum absolute atomic E-state index is 0.0185. The number of rotatable bonds is 5. The summed E-state index contributed by atoms with van der Waals surface area (Å²) in [7, 11) is 0. The second-order valence-corrected chi connectivity index (χ2v) is 8.59. The molecule has 148 valence electrons. The number of pyridine rings is 1. The fourth-order valence-corrected chi connectivity index (χ4v) is 4.53. The van der Waals surface area contributed by atoms with Gasteiger partial charge in [0.2, 0.25) is 0 Å². The van der Waals surface area contributed by atoms with Gasteiger partial charge in [0.1, 0.15) is 5.39 Å². The Morgan fingerprint density at radius 1 is 1.38 bits per heavy atom. The van der Waals surface area contributed by atoms with E-state index in [4.69, 9.17) is 5.10 Å². The van der Waals surface area contributed by atoms with Crippen LogP contribution < -0.4 is 10.9 Å². The van der Waals surface area contributed by atoms with E-state index in [0.29, 0.717) is 36.4 Å². The minimum Gasteiger partial charge on any atom is -0.389 e. The van der Waals surface area contributed by atoms with Gasteiger partial charge >= 0.3 is 0 Å². The topological polar surface area (TPSA) is 107 Å². The van der Waals surface area contributed by atoms with Gasteiger partial charge in [0.15, 0.2) is 5.82 Å². The van der Waals surface area contributed by atoms with Gasteiger partial charge in [0.05, 0.1) is 29.6 Å². The van der Waals surface area contributed by atoms with Crippen molar-refractivity contribution in [3.05, 3.63) is 51.9 Å². The molecule has 7 heteroatoms. The van der Waals surface area contributed by atoms with Gasteiger partial charge in [-0.2, -0.15) is 10.4 Å². The number of benzene rings is 1. The van der Waals surface area contributed by atoms with Gasteiger partial charge in [-0.15, -0.1) is 0 Å². The Hall–Kier alpha value is -3.11. The number of nitrogens with one attached hydrogen (secondary N) is 2. The number of nitriles is 1. The maximum atomic E-state index is 12.6. The SMILES string of the molecule is CC1(O)Cc2ccc(Nc3nn(C(CC#N)C4CC4)c4cc[nH]c(=O)c34)cc2C1. The van der Waals surface area contributed by atoms with E-state index < -0.39 is 5.60 Å². The molecular formula is C22H23N5O2. The first-order valence-corrected chi connectivity index (χ1v) is 10.0. The predicted molar refractivity (Wildman–Crippen MR) is 110 cm³/mol. The number of aromatic amines is 1. The van der Waals surface area contributed by atoms with Crippen LogP contribution in [0.1, 0.15) is 43.4 Å². The first-order valence-electron chi connectivity index (χ1n) is 10.0. The molecule has 1 saturated carbocycles. The van der Waals surface area contributed by atoms with Crippen molar-refractivity contribution in [1.82, 2.24) is 14.8 Å². The monoisotopic (exact) mass is 389 g/mol. The lowest BCUT2D eigenvalue weighted by atomic mass is 10.0. The summed E-state index contributed by atoms with van der Waals surface area (Å²) >= 11 is 0. The molecule has 0 radical (unpaired) electrons. The van der Waals surface area contributed by atoms with Gasteiger partial charge in [0.25, 0.3) is 5.56 Å². The minimum atomic E-state index is -0.707. The molecule has 2 unspecified atom stereocenters. The number of hydrogen-bond donors (Lipinski definition) is 3. The van der Waals surface area contributed by atoms with Crippen molar-refractivity contribution in [2.24, 2.45) is 5.92 Å². The molecule has 29 heavy (non-hydrogen) atoms. The van der Waals surface area contributed by atoms with E-state index in [-0.39, 0.29) is 11.6 Å². The second-order valence-electron chi connectivity index (χ2n) is 8.59. The van der Waals surface area contributed by atoms with Crippen LogP contribution in [0.4, 0.5) is 11.5 Å². The number of anilines is 2. The van der Waals surface area contributed by atoms with Crippen LogP contribution in [-0.4, -0.2) is 25.5 Å². The Labute approximate surface area is 168 Å². The largest absolute Gasteiger partial charge is 0.389 e. The Morgan fingerprint density at radius 3 is 2.93 bits per heavy atom. The van der Waals surface area contributed by atoms with E-state index >= 15 is 0 Å². The van der Waals surface area contributed by atoms with E-state index in [9.17, 15) is 15.2 Å². The zero-order valence-electron chi connectivity index (χ0n) is 16.3. The fraction of sp³-hybridized carbons (Fsp3) is 0.409. The van der Waals surface area contributed by atoms with Crippen molar-refractivity contribution in [3.63, 3.8) is 0 Å². The molecule has 2 aromatic heterocycles. The number of aromatic nitrogens is 3. The summed E-state index contributed by atoms with van der Waals surface area (Å²) in [6, 6.07) is 10.1. The Kier molecular flexibility index (Phi) is 4.00. The number of nitrogens with zero attached hydrogens (tertiary/aromatic N) is 3. The third kappa shape index (κ3) is 3.19. The van der Waals surface area contributed by atoms with Crippen LogP contribution in [0.15, 0.2) is 35.3 Å². The highest BCUT2D eigenvalue weighted by molar-refractivity contribution is 5.91. The summed E-state index contributed by atoms with van der Waals surface area (Å²) in [4.78, 5) is 15.3. The Bertz CT molecular complexity index is 1200. The first kappa shape index (κ1) is 18.0. The second kappa shape index (κ2) is 6.46. The summed E-state index contributed by atoms with van der Waals surface area (Å²) in [5.74, 6) is 0.933. The van der Waals surface area contributed by atoms with E-state index in [0.717, 1.165) is 35.2 Å². The van der Waals surface area contributed by atoms with Gasteiger partial charge in [-0.3, -0.25) is 9.48 Å². The zero-order chi connectivity index (χ0) is 20.2. The molecule has 2 aliphatic rings. The number of aliphatic hydroxyl groups is 1. The van der Waals surface area contributed by atoms with E-state index in [1.165, 1.54) is 0 Å². The van der Waals surface area contributed by atoms with Gasteiger partial charge in [0, 0.05) is 24.7 Å². The van der Waals surface area contributed by atoms with E-state index in [1.807, 2.05) is 35.9 Å². The van der Waals surface area contributed by atoms with Crippen molar-refractivity contribution < 1.29 is 5.11 Å². The molecule has 1 fully saturated rings. The zero-order valence-corrected chi connectivity index (χ0v) is 16.3. The Morgan fingerprint density at radius 2 is 2.17 bits per heavy atom. The molecule has 3 N–H and O–H groups in total. The van der Waals surface area contributed by atoms with Gasteiger partial charge in [-0.05, 0) is 55.0 Å². The van der Waals surface area contributed by atoms with Crippen molar-refractivity contribution >= 4 is 22.4 Å². The van der Waals surface area contributed by atoms with Gasteiger partial charge < -0.3 is 15.4 Å². The van der Waals surface area contributed by atoms with Crippen LogP contribution in [0.2, 0.25) is 0 Å². The molecule has 7 nitrogen and oxygen atoms in total. The fourth-order valence-electron chi connectivity index (χ4n) is 4.53. The molecule has 3 aromatic rings. The van der Waals surface area contributed by atoms with Crippen molar-refractivity contribution in [3.8, 4) is 6.07 Å². The third-order valence-corrected chi connectivity index (χ3v) is 6.02. The Balaban J connectivity index is 1.56. The average Bonchev–Trinajstić information content (AvgIpc) is 3.37. The lowest BCUT2D eigenvalue weighted by Gasteiger charge is -2.14. The summed E-state index contributed by atoms with van der Waals surface area (Å²) < 4.78 is 1.85. The molecule has 2 heterocycles. The predicted octanol–water partition coefficient (Wildman–Crippen LogP) is 3.18. The van der Waals surface area contributed by atoms with Gasteiger partial charge in [-0.1, -0.05) is 6.07 Å². The van der Waals surface area contributed by atoms with Crippen LogP contribution >= 0.6 is 0 Å². The first-order chi connectivity index (χ1) is 13.9. The molecule has 0 spiro atoms.